The Morgan fingerprint density at radius 1 is 0.839 bits per heavy atom. The van der Waals surface area contributed by atoms with Crippen LogP contribution in [0.15, 0.2) is 88.3 Å². The largest absolute Gasteiger partial charge is 0.495 e. The third kappa shape index (κ3) is 4.20. The molecular weight excluding hydrogens is 408 g/mol. The van der Waals surface area contributed by atoms with Crippen molar-refractivity contribution in [3.05, 3.63) is 94.5 Å². The average molecular weight is 431 g/mol. The number of benzene rings is 3. The second-order valence-electron chi connectivity index (χ2n) is 7.24. The van der Waals surface area contributed by atoms with E-state index in [1.54, 1.807) is 24.3 Å². The Morgan fingerprint density at radius 3 is 2.16 bits per heavy atom. The number of carbonyl (C=O) groups excluding carboxylic acids is 2. The van der Waals surface area contributed by atoms with E-state index >= 15 is 0 Å². The van der Waals surface area contributed by atoms with Crippen molar-refractivity contribution in [1.29, 1.82) is 0 Å². The first-order valence-corrected chi connectivity index (χ1v) is 10.6. The lowest BCUT2D eigenvalue weighted by Gasteiger charge is -2.18. The lowest BCUT2D eigenvalue weighted by atomic mass is 10.1. The summed E-state index contributed by atoms with van der Waals surface area (Å²) in [5.41, 5.74) is 3.58. The van der Waals surface area contributed by atoms with Crippen LogP contribution in [0.25, 0.3) is 0 Å². The molecule has 0 saturated heterocycles. The van der Waals surface area contributed by atoms with Gasteiger partial charge in [0.25, 0.3) is 11.8 Å². The first-order valence-electron chi connectivity index (χ1n) is 9.82. The van der Waals surface area contributed by atoms with Gasteiger partial charge in [-0.2, -0.15) is 0 Å². The fraction of sp³-hybridized carbons (Fsp3) is 0.120. The van der Waals surface area contributed by atoms with Gasteiger partial charge in [0.2, 0.25) is 0 Å². The molecule has 0 bridgehead atoms. The van der Waals surface area contributed by atoms with Gasteiger partial charge >= 0.3 is 0 Å². The van der Waals surface area contributed by atoms with Gasteiger partial charge in [0, 0.05) is 10.6 Å². The Bertz CT molecular complexity index is 1170. The quantitative estimate of drug-likeness (QED) is 0.538. The highest BCUT2D eigenvalue weighted by Crippen LogP contribution is 2.40. The van der Waals surface area contributed by atoms with Gasteiger partial charge in [-0.05, 0) is 61.4 Å². The molecular formula is C25H22N2O3S. The molecule has 0 saturated carbocycles. The molecule has 1 aliphatic rings. The van der Waals surface area contributed by atoms with Gasteiger partial charge < -0.3 is 10.1 Å². The predicted molar refractivity (Wildman–Crippen MR) is 124 cm³/mol. The van der Waals surface area contributed by atoms with Crippen molar-refractivity contribution in [2.24, 2.45) is 0 Å². The van der Waals surface area contributed by atoms with Gasteiger partial charge in [0.1, 0.15) is 16.4 Å². The van der Waals surface area contributed by atoms with E-state index in [0.29, 0.717) is 16.3 Å². The van der Waals surface area contributed by atoms with Gasteiger partial charge in [-0.25, -0.2) is 4.90 Å². The highest BCUT2D eigenvalue weighted by atomic mass is 32.2. The first kappa shape index (κ1) is 20.8. The van der Waals surface area contributed by atoms with Crippen LogP contribution in [0.5, 0.6) is 5.75 Å². The highest BCUT2D eigenvalue weighted by Gasteiger charge is 2.41. The number of imide groups is 1. The van der Waals surface area contributed by atoms with E-state index in [-0.39, 0.29) is 11.6 Å². The van der Waals surface area contributed by atoms with E-state index in [1.165, 1.54) is 23.8 Å². The molecule has 5 nitrogen and oxygen atoms in total. The third-order valence-corrected chi connectivity index (χ3v) is 5.91. The number of aryl methyl sites for hydroxylation is 2. The predicted octanol–water partition coefficient (Wildman–Crippen LogP) is 5.30. The van der Waals surface area contributed by atoms with Crippen LogP contribution in [-0.4, -0.2) is 18.9 Å². The normalized spacial score (nSPS) is 13.7. The van der Waals surface area contributed by atoms with Crippen LogP contribution in [0, 0.1) is 13.8 Å². The molecule has 0 aromatic heterocycles. The molecule has 3 aromatic rings. The van der Waals surface area contributed by atoms with Crippen molar-refractivity contribution in [3.63, 3.8) is 0 Å². The van der Waals surface area contributed by atoms with Crippen molar-refractivity contribution in [3.8, 4) is 5.75 Å². The van der Waals surface area contributed by atoms with E-state index < -0.39 is 5.91 Å². The SMILES string of the molecule is COc1ccccc1N1C(=O)C(Nc2cc(C)cc(C)c2)=C(Sc2ccccc2)C1=O. The number of carbonyl (C=O) groups is 2. The highest BCUT2D eigenvalue weighted by molar-refractivity contribution is 8.04. The molecule has 0 unspecified atom stereocenters. The van der Waals surface area contributed by atoms with Crippen molar-refractivity contribution in [1.82, 2.24) is 0 Å². The van der Waals surface area contributed by atoms with E-state index in [0.717, 1.165) is 21.7 Å². The molecule has 0 fully saturated rings. The Labute approximate surface area is 185 Å². The smallest absolute Gasteiger partial charge is 0.283 e. The molecule has 0 radical (unpaired) electrons. The monoisotopic (exact) mass is 430 g/mol. The van der Waals surface area contributed by atoms with Crippen molar-refractivity contribution >= 4 is 35.0 Å². The van der Waals surface area contributed by atoms with Crippen LogP contribution >= 0.6 is 11.8 Å². The lowest BCUT2D eigenvalue weighted by Crippen LogP contribution is -2.32. The minimum atomic E-state index is -0.410. The number of anilines is 2. The summed E-state index contributed by atoms with van der Waals surface area (Å²) in [7, 11) is 1.52. The maximum Gasteiger partial charge on any atom is 0.283 e. The van der Waals surface area contributed by atoms with Crippen LogP contribution < -0.4 is 15.0 Å². The lowest BCUT2D eigenvalue weighted by molar-refractivity contribution is -0.120. The summed E-state index contributed by atoms with van der Waals surface area (Å²) in [5, 5.41) is 3.22. The van der Waals surface area contributed by atoms with E-state index in [9.17, 15) is 9.59 Å². The average Bonchev–Trinajstić information content (AvgIpc) is 2.97. The van der Waals surface area contributed by atoms with Crippen LogP contribution in [0.1, 0.15) is 11.1 Å². The zero-order valence-electron chi connectivity index (χ0n) is 17.5. The number of hydrogen-bond donors (Lipinski definition) is 1. The Balaban J connectivity index is 1.79. The number of hydrogen-bond acceptors (Lipinski definition) is 5. The fourth-order valence-corrected chi connectivity index (χ4v) is 4.49. The Hall–Kier alpha value is -3.51. The number of rotatable bonds is 6. The molecule has 0 aliphatic carbocycles. The summed E-state index contributed by atoms with van der Waals surface area (Å²) in [6, 6.07) is 22.5. The van der Waals surface area contributed by atoms with Crippen molar-refractivity contribution in [2.45, 2.75) is 18.7 Å². The number of amides is 2. The van der Waals surface area contributed by atoms with Gasteiger partial charge in [-0.15, -0.1) is 0 Å². The van der Waals surface area contributed by atoms with Gasteiger partial charge in [0.05, 0.1) is 12.8 Å². The second kappa shape index (κ2) is 8.70. The summed E-state index contributed by atoms with van der Waals surface area (Å²) >= 11 is 1.27. The van der Waals surface area contributed by atoms with Crippen LogP contribution in [0.4, 0.5) is 11.4 Å². The molecule has 1 aliphatic heterocycles. The maximum absolute atomic E-state index is 13.5. The molecule has 0 atom stereocenters. The van der Waals surface area contributed by atoms with Gasteiger partial charge in [-0.1, -0.05) is 48.2 Å². The standard InChI is InChI=1S/C25H22N2O3S/c1-16-13-17(2)15-18(14-16)26-22-23(31-19-9-5-4-6-10-19)25(29)27(24(22)28)20-11-7-8-12-21(20)30-3/h4-15,26H,1-3H3. The minimum Gasteiger partial charge on any atom is -0.495 e. The van der Waals surface area contributed by atoms with Crippen LogP contribution in [0.3, 0.4) is 0 Å². The zero-order valence-corrected chi connectivity index (χ0v) is 18.3. The zero-order chi connectivity index (χ0) is 22.0. The Morgan fingerprint density at radius 2 is 1.48 bits per heavy atom. The minimum absolute atomic E-state index is 0.259. The number of ether oxygens (including phenoxy) is 1. The van der Waals surface area contributed by atoms with Gasteiger partial charge in [-0.3, -0.25) is 9.59 Å². The summed E-state index contributed by atoms with van der Waals surface area (Å²) in [6.07, 6.45) is 0. The number of thioether (sulfide) groups is 1. The summed E-state index contributed by atoms with van der Waals surface area (Å²) in [4.78, 5) is 29.3. The molecule has 31 heavy (non-hydrogen) atoms. The topological polar surface area (TPSA) is 58.6 Å². The number of nitrogens with zero attached hydrogens (tertiary/aromatic N) is 1. The number of nitrogens with one attached hydrogen (secondary N) is 1. The third-order valence-electron chi connectivity index (χ3n) is 4.82. The van der Waals surface area contributed by atoms with E-state index in [4.69, 9.17) is 4.74 Å². The van der Waals surface area contributed by atoms with Crippen LogP contribution in [0.2, 0.25) is 0 Å². The molecule has 0 spiro atoms. The Kier molecular flexibility index (Phi) is 5.82. The summed E-state index contributed by atoms with van der Waals surface area (Å²) < 4.78 is 5.40. The molecule has 6 heteroatoms. The maximum atomic E-state index is 13.5. The first-order chi connectivity index (χ1) is 15.0. The molecule has 4 rings (SSSR count). The molecule has 3 aromatic carbocycles. The van der Waals surface area contributed by atoms with Crippen molar-refractivity contribution < 1.29 is 14.3 Å². The van der Waals surface area contributed by atoms with Crippen molar-refractivity contribution in [2.75, 3.05) is 17.3 Å². The summed E-state index contributed by atoms with van der Waals surface area (Å²) in [6.45, 7) is 3.99. The number of methoxy groups -OCH3 is 1. The molecule has 156 valence electrons. The number of para-hydroxylation sites is 2. The summed E-state index contributed by atoms with van der Waals surface area (Å²) in [5.74, 6) is -0.330. The fourth-order valence-electron chi connectivity index (χ4n) is 3.55. The van der Waals surface area contributed by atoms with Crippen LogP contribution in [-0.2, 0) is 9.59 Å². The van der Waals surface area contributed by atoms with E-state index in [2.05, 4.69) is 11.4 Å². The second-order valence-corrected chi connectivity index (χ2v) is 8.32. The van der Waals surface area contributed by atoms with Gasteiger partial charge in [0.15, 0.2) is 0 Å². The molecule has 2 amide bonds. The molecule has 1 heterocycles. The molecule has 1 N–H and O–H groups in total. The van der Waals surface area contributed by atoms with E-state index in [1.807, 2.05) is 56.3 Å².